The van der Waals surface area contributed by atoms with Gasteiger partial charge in [0.2, 0.25) is 0 Å². The summed E-state index contributed by atoms with van der Waals surface area (Å²) in [5.74, 6) is 0. The Kier molecular flexibility index (Phi) is 4.59. The van der Waals surface area contributed by atoms with Crippen LogP contribution in [0, 0.1) is 5.13 Å². The lowest BCUT2D eigenvalue weighted by Gasteiger charge is -2.17. The van der Waals surface area contributed by atoms with E-state index in [2.05, 4.69) is 16.9 Å². The van der Waals surface area contributed by atoms with Crippen molar-refractivity contribution in [2.24, 2.45) is 0 Å². The number of hydrogen-bond donors (Lipinski definition) is 1. The van der Waals surface area contributed by atoms with Gasteiger partial charge in [0, 0.05) is 6.54 Å². The van der Waals surface area contributed by atoms with E-state index in [4.69, 9.17) is 0 Å². The zero-order valence-corrected chi connectivity index (χ0v) is 9.17. The molecule has 86 valence electrons. The molecular formula is C9H10FN3O2S. The molecule has 0 fully saturated rings. The molecule has 5 nitrogen and oxygen atoms in total. The number of halogens is 1. The molecule has 0 atom stereocenters. The van der Waals surface area contributed by atoms with Crippen molar-refractivity contribution >= 4 is 28.8 Å². The number of hydrogen-bond acceptors (Lipinski definition) is 4. The van der Waals surface area contributed by atoms with Gasteiger partial charge < -0.3 is 9.69 Å². The third-order valence-corrected chi connectivity index (χ3v) is 2.32. The van der Waals surface area contributed by atoms with Crippen LogP contribution in [0.1, 0.15) is 0 Å². The third kappa shape index (κ3) is 3.43. The fourth-order valence-corrected chi connectivity index (χ4v) is 1.50. The van der Waals surface area contributed by atoms with E-state index < -0.39 is 11.2 Å². The van der Waals surface area contributed by atoms with Crippen molar-refractivity contribution in [3.63, 3.8) is 0 Å². The maximum absolute atomic E-state index is 12.6. The Hall–Kier alpha value is -1.76. The molecule has 1 rings (SSSR count). The van der Waals surface area contributed by atoms with Gasteiger partial charge in [0.15, 0.2) is 10.3 Å². The van der Waals surface area contributed by atoms with Crippen molar-refractivity contribution in [3.05, 3.63) is 24.0 Å². The van der Waals surface area contributed by atoms with Gasteiger partial charge in [0.25, 0.3) is 0 Å². The third-order valence-electron chi connectivity index (χ3n) is 1.62. The number of nitrogens with zero attached hydrogens (tertiary/aromatic N) is 2. The first-order valence-electron chi connectivity index (χ1n) is 4.39. The van der Waals surface area contributed by atoms with E-state index >= 15 is 0 Å². The molecule has 0 saturated heterocycles. The van der Waals surface area contributed by atoms with E-state index in [1.54, 1.807) is 0 Å². The number of aromatic nitrogens is 1. The lowest BCUT2D eigenvalue weighted by molar-refractivity contribution is -0.108. The average Bonchev–Trinajstić information content (AvgIpc) is 2.63. The van der Waals surface area contributed by atoms with E-state index in [9.17, 15) is 14.0 Å². The minimum absolute atomic E-state index is 0.0499. The largest absolute Gasteiger partial charge is 0.324 e. The Morgan fingerprint density at radius 1 is 1.69 bits per heavy atom. The maximum Gasteiger partial charge on any atom is 0.324 e. The van der Waals surface area contributed by atoms with Crippen molar-refractivity contribution in [2.75, 3.05) is 18.4 Å². The Balaban J connectivity index is 2.60. The molecule has 1 aromatic rings. The van der Waals surface area contributed by atoms with Crippen LogP contribution in [0.5, 0.6) is 0 Å². The van der Waals surface area contributed by atoms with Crippen LogP contribution in [0.2, 0.25) is 0 Å². The van der Waals surface area contributed by atoms with Gasteiger partial charge in [-0.05, 0) is 0 Å². The molecule has 0 aliphatic carbocycles. The summed E-state index contributed by atoms with van der Waals surface area (Å²) in [6, 6.07) is -0.513. The van der Waals surface area contributed by atoms with Gasteiger partial charge in [-0.25, -0.2) is 9.78 Å². The molecule has 1 N–H and O–H groups in total. The Morgan fingerprint density at radius 3 is 2.94 bits per heavy atom. The minimum Gasteiger partial charge on any atom is -0.314 e. The highest BCUT2D eigenvalue weighted by Gasteiger charge is 2.13. The van der Waals surface area contributed by atoms with Gasteiger partial charge >= 0.3 is 6.03 Å². The summed E-state index contributed by atoms with van der Waals surface area (Å²) in [7, 11) is 0. The summed E-state index contributed by atoms with van der Waals surface area (Å²) in [4.78, 5) is 26.7. The van der Waals surface area contributed by atoms with Gasteiger partial charge in [0.1, 0.15) is 6.29 Å². The van der Waals surface area contributed by atoms with Gasteiger partial charge in [0.05, 0.1) is 12.7 Å². The van der Waals surface area contributed by atoms with Gasteiger partial charge in [-0.2, -0.15) is 4.39 Å². The first-order valence-corrected chi connectivity index (χ1v) is 5.20. The second kappa shape index (κ2) is 5.96. The van der Waals surface area contributed by atoms with E-state index in [1.165, 1.54) is 11.0 Å². The smallest absolute Gasteiger partial charge is 0.314 e. The number of thiazole rings is 1. The standard InChI is InChI=1S/C9H10FN3O2S/c1-2-3-13(4-5-14)9(15)12-8-11-6-7(10)16-8/h2,5-6H,1,3-4H2,(H,11,12,15). The van der Waals surface area contributed by atoms with Crippen LogP contribution >= 0.6 is 11.3 Å². The van der Waals surface area contributed by atoms with Crippen LogP contribution in [0.15, 0.2) is 18.9 Å². The second-order valence-corrected chi connectivity index (χ2v) is 3.74. The molecule has 0 bridgehead atoms. The number of aldehydes is 1. The Labute approximate surface area is 95.6 Å². The summed E-state index contributed by atoms with van der Waals surface area (Å²) in [5, 5.41) is 2.05. The van der Waals surface area contributed by atoms with Gasteiger partial charge in [-0.3, -0.25) is 5.32 Å². The second-order valence-electron chi connectivity index (χ2n) is 2.76. The van der Waals surface area contributed by atoms with Crippen molar-refractivity contribution in [3.8, 4) is 0 Å². The van der Waals surface area contributed by atoms with Gasteiger partial charge in [-0.15, -0.1) is 6.58 Å². The molecule has 0 radical (unpaired) electrons. The van der Waals surface area contributed by atoms with Crippen LogP contribution < -0.4 is 5.32 Å². The van der Waals surface area contributed by atoms with Crippen LogP contribution in [0.3, 0.4) is 0 Å². The molecule has 7 heteroatoms. The number of nitrogens with one attached hydrogen (secondary N) is 1. The molecule has 0 saturated carbocycles. The quantitative estimate of drug-likeness (QED) is 0.629. The molecule has 0 aliphatic rings. The lowest BCUT2D eigenvalue weighted by atomic mass is 10.5. The highest BCUT2D eigenvalue weighted by Crippen LogP contribution is 2.16. The van der Waals surface area contributed by atoms with Crippen LogP contribution in [0.25, 0.3) is 0 Å². The SMILES string of the molecule is C=CCN(CC=O)C(=O)Nc1ncc(F)s1. The fraction of sp³-hybridized carbons (Fsp3) is 0.222. The highest BCUT2D eigenvalue weighted by molar-refractivity contribution is 7.14. The maximum atomic E-state index is 12.6. The summed E-state index contributed by atoms with van der Waals surface area (Å²) >= 11 is 0.719. The monoisotopic (exact) mass is 243 g/mol. The number of rotatable bonds is 5. The van der Waals surface area contributed by atoms with Crippen molar-refractivity contribution in [1.29, 1.82) is 0 Å². The minimum atomic E-state index is -0.513. The van der Waals surface area contributed by atoms with E-state index in [0.29, 0.717) is 6.29 Å². The lowest BCUT2D eigenvalue weighted by Crippen LogP contribution is -2.36. The average molecular weight is 243 g/mol. The zero-order valence-electron chi connectivity index (χ0n) is 8.35. The summed E-state index contributed by atoms with van der Waals surface area (Å²) in [6.07, 6.45) is 3.11. The molecule has 0 unspecified atom stereocenters. The van der Waals surface area contributed by atoms with Gasteiger partial charge in [-0.1, -0.05) is 17.4 Å². The predicted octanol–water partition coefficient (Wildman–Crippen LogP) is 1.50. The molecule has 16 heavy (non-hydrogen) atoms. The van der Waals surface area contributed by atoms with Crippen molar-refractivity contribution < 1.29 is 14.0 Å². The van der Waals surface area contributed by atoms with E-state index in [0.717, 1.165) is 17.5 Å². The first-order chi connectivity index (χ1) is 7.67. The topological polar surface area (TPSA) is 62.3 Å². The molecule has 1 aromatic heterocycles. The Morgan fingerprint density at radius 2 is 2.44 bits per heavy atom. The van der Waals surface area contributed by atoms with Crippen molar-refractivity contribution in [2.45, 2.75) is 0 Å². The number of amides is 2. The number of urea groups is 1. The summed E-state index contributed by atoms with van der Waals surface area (Å²) < 4.78 is 12.6. The normalized spacial score (nSPS) is 9.56. The number of anilines is 1. The molecule has 2 amide bonds. The fourth-order valence-electron chi connectivity index (χ4n) is 0.969. The summed E-state index contributed by atoms with van der Waals surface area (Å²) in [5.41, 5.74) is 0. The Bertz CT molecular complexity index is 384. The molecule has 0 spiro atoms. The highest BCUT2D eigenvalue weighted by atomic mass is 32.1. The zero-order chi connectivity index (χ0) is 12.0. The predicted molar refractivity (Wildman–Crippen MR) is 58.9 cm³/mol. The molecule has 0 aliphatic heterocycles. The van der Waals surface area contributed by atoms with Crippen molar-refractivity contribution in [1.82, 2.24) is 9.88 Å². The van der Waals surface area contributed by atoms with Crippen LogP contribution in [-0.4, -0.2) is 35.3 Å². The van der Waals surface area contributed by atoms with E-state index in [1.807, 2.05) is 0 Å². The number of carbonyl (C=O) groups is 2. The first kappa shape index (κ1) is 12.3. The van der Waals surface area contributed by atoms with Crippen LogP contribution in [0.4, 0.5) is 14.3 Å². The van der Waals surface area contributed by atoms with E-state index in [-0.39, 0.29) is 18.2 Å². The molecular weight excluding hydrogens is 233 g/mol. The molecule has 1 heterocycles. The van der Waals surface area contributed by atoms with Crippen LogP contribution in [-0.2, 0) is 4.79 Å². The summed E-state index contributed by atoms with van der Waals surface area (Å²) in [6.45, 7) is 3.65. The molecule has 0 aromatic carbocycles. The number of carbonyl (C=O) groups excluding carboxylic acids is 2.